The zero-order valence-corrected chi connectivity index (χ0v) is 11.5. The number of hydrogen-bond acceptors (Lipinski definition) is 2. The van der Waals surface area contributed by atoms with Crippen molar-refractivity contribution in [3.05, 3.63) is 23.8 Å². The van der Waals surface area contributed by atoms with Gasteiger partial charge in [-0.05, 0) is 51.9 Å². The fourth-order valence-corrected chi connectivity index (χ4v) is 2.15. The van der Waals surface area contributed by atoms with Gasteiger partial charge in [0.05, 0.1) is 11.7 Å². The van der Waals surface area contributed by atoms with Crippen molar-refractivity contribution in [2.24, 2.45) is 11.8 Å². The van der Waals surface area contributed by atoms with Gasteiger partial charge >= 0.3 is 0 Å². The summed E-state index contributed by atoms with van der Waals surface area (Å²) in [5.41, 5.74) is 0.350. The molecule has 0 aromatic rings. The van der Waals surface area contributed by atoms with Crippen LogP contribution in [-0.2, 0) is 0 Å². The van der Waals surface area contributed by atoms with E-state index in [-0.39, 0.29) is 0 Å². The predicted octanol–water partition coefficient (Wildman–Crippen LogP) is 3.06. The molecule has 0 heterocycles. The summed E-state index contributed by atoms with van der Waals surface area (Å²) in [6, 6.07) is 0. The van der Waals surface area contributed by atoms with Crippen LogP contribution in [0.15, 0.2) is 23.8 Å². The first-order valence-electron chi connectivity index (χ1n) is 6.56. The zero-order chi connectivity index (χ0) is 13.1. The second-order valence-electron chi connectivity index (χ2n) is 5.93. The summed E-state index contributed by atoms with van der Waals surface area (Å²) in [5.74, 6) is 1.13. The smallest absolute Gasteiger partial charge is 0.0849 e. The topological polar surface area (TPSA) is 40.5 Å². The lowest BCUT2D eigenvalue weighted by atomic mass is 9.82. The van der Waals surface area contributed by atoms with E-state index >= 15 is 0 Å². The molecule has 0 fully saturated rings. The highest BCUT2D eigenvalue weighted by molar-refractivity contribution is 5.21. The maximum absolute atomic E-state index is 9.80. The average Bonchev–Trinajstić information content (AvgIpc) is 2.25. The van der Waals surface area contributed by atoms with Crippen molar-refractivity contribution in [1.82, 2.24) is 0 Å². The van der Waals surface area contributed by atoms with E-state index in [9.17, 15) is 10.2 Å². The Labute approximate surface area is 105 Å². The van der Waals surface area contributed by atoms with Gasteiger partial charge in [0, 0.05) is 0 Å². The molecular formula is C15H26O2. The molecule has 0 saturated carbocycles. The lowest BCUT2D eigenvalue weighted by molar-refractivity contribution is -0.0539. The van der Waals surface area contributed by atoms with Crippen LogP contribution in [0.4, 0.5) is 0 Å². The molecule has 0 amide bonds. The molecule has 0 radical (unpaired) electrons. The quantitative estimate of drug-likeness (QED) is 0.773. The number of rotatable bonds is 5. The van der Waals surface area contributed by atoms with Gasteiger partial charge in [0.15, 0.2) is 0 Å². The van der Waals surface area contributed by atoms with Gasteiger partial charge < -0.3 is 10.2 Å². The molecule has 0 aromatic heterocycles. The Balaban J connectivity index is 2.36. The molecule has 2 heteroatoms. The molecule has 98 valence electrons. The summed E-state index contributed by atoms with van der Waals surface area (Å²) in [6.07, 6.45) is 8.81. The van der Waals surface area contributed by atoms with Gasteiger partial charge in [0.1, 0.15) is 0 Å². The third kappa shape index (κ3) is 4.64. The van der Waals surface area contributed by atoms with Crippen molar-refractivity contribution in [1.29, 1.82) is 0 Å². The minimum atomic E-state index is -0.987. The Bertz CT molecular complexity index is 297. The molecule has 3 atom stereocenters. The Kier molecular flexibility index (Phi) is 4.96. The van der Waals surface area contributed by atoms with Gasteiger partial charge in [-0.2, -0.15) is 0 Å². The van der Waals surface area contributed by atoms with E-state index in [0.717, 1.165) is 12.8 Å². The van der Waals surface area contributed by atoms with Crippen molar-refractivity contribution in [3.8, 4) is 0 Å². The summed E-state index contributed by atoms with van der Waals surface area (Å²) < 4.78 is 0. The minimum Gasteiger partial charge on any atom is -0.390 e. The second-order valence-corrected chi connectivity index (χ2v) is 5.93. The van der Waals surface area contributed by atoms with Crippen LogP contribution in [0.1, 0.15) is 47.0 Å². The first-order chi connectivity index (χ1) is 7.80. The first kappa shape index (κ1) is 14.5. The highest BCUT2D eigenvalue weighted by Crippen LogP contribution is 2.28. The van der Waals surface area contributed by atoms with Crippen LogP contribution < -0.4 is 0 Å². The van der Waals surface area contributed by atoms with Gasteiger partial charge in [-0.15, -0.1) is 0 Å². The molecule has 2 nitrogen and oxygen atoms in total. The molecule has 17 heavy (non-hydrogen) atoms. The summed E-state index contributed by atoms with van der Waals surface area (Å²) in [7, 11) is 0. The molecule has 1 aliphatic carbocycles. The predicted molar refractivity (Wildman–Crippen MR) is 71.7 cm³/mol. The fraction of sp³-hybridized carbons (Fsp3) is 0.733. The van der Waals surface area contributed by atoms with Gasteiger partial charge in [0.2, 0.25) is 0 Å². The zero-order valence-electron chi connectivity index (χ0n) is 11.5. The SMILES string of the molecule is CC1=CC[C@H]([C@@H](C)CC[C@@H](O)C(C)(C)O)C=C1. The monoisotopic (exact) mass is 238 g/mol. The minimum absolute atomic E-state index is 0.549. The number of aliphatic hydroxyl groups excluding tert-OH is 1. The molecule has 0 saturated heterocycles. The molecule has 0 aromatic carbocycles. The standard InChI is InChI=1S/C15H26O2/c1-11-5-8-13(9-6-11)12(2)7-10-14(16)15(3,4)17/h5-6,8,12-14,16-17H,7,9-10H2,1-4H3/t12-,13+,14+/m0/s1. The van der Waals surface area contributed by atoms with Crippen molar-refractivity contribution in [2.75, 3.05) is 0 Å². The maximum atomic E-state index is 9.80. The van der Waals surface area contributed by atoms with E-state index in [1.807, 2.05) is 0 Å². The molecule has 0 bridgehead atoms. The maximum Gasteiger partial charge on any atom is 0.0849 e. The molecule has 1 aliphatic rings. The average molecular weight is 238 g/mol. The Morgan fingerprint density at radius 2 is 2.06 bits per heavy atom. The summed E-state index contributed by atoms with van der Waals surface area (Å²) in [4.78, 5) is 0. The van der Waals surface area contributed by atoms with E-state index in [0.29, 0.717) is 18.3 Å². The highest BCUT2D eigenvalue weighted by Gasteiger charge is 2.25. The molecule has 0 aliphatic heterocycles. The first-order valence-corrected chi connectivity index (χ1v) is 6.56. The highest BCUT2D eigenvalue weighted by atomic mass is 16.3. The largest absolute Gasteiger partial charge is 0.390 e. The number of hydrogen-bond donors (Lipinski definition) is 2. The molecule has 0 spiro atoms. The Hall–Kier alpha value is -0.600. The van der Waals surface area contributed by atoms with Crippen LogP contribution in [-0.4, -0.2) is 21.9 Å². The van der Waals surface area contributed by atoms with E-state index in [4.69, 9.17) is 0 Å². The Morgan fingerprint density at radius 1 is 1.41 bits per heavy atom. The summed E-state index contributed by atoms with van der Waals surface area (Å²) in [6.45, 7) is 7.67. The molecule has 1 rings (SSSR count). The third-order valence-corrected chi connectivity index (χ3v) is 3.76. The van der Waals surface area contributed by atoms with Gasteiger partial charge in [0.25, 0.3) is 0 Å². The van der Waals surface area contributed by atoms with E-state index < -0.39 is 11.7 Å². The molecular weight excluding hydrogens is 212 g/mol. The second kappa shape index (κ2) is 5.83. The van der Waals surface area contributed by atoms with E-state index in [2.05, 4.69) is 32.1 Å². The number of aliphatic hydroxyl groups is 2. The van der Waals surface area contributed by atoms with Crippen LogP contribution >= 0.6 is 0 Å². The van der Waals surface area contributed by atoms with Crippen molar-refractivity contribution >= 4 is 0 Å². The lowest BCUT2D eigenvalue weighted by Gasteiger charge is -2.27. The van der Waals surface area contributed by atoms with Gasteiger partial charge in [-0.3, -0.25) is 0 Å². The molecule has 2 N–H and O–H groups in total. The third-order valence-electron chi connectivity index (χ3n) is 3.76. The van der Waals surface area contributed by atoms with Crippen LogP contribution in [0.3, 0.4) is 0 Å². The Morgan fingerprint density at radius 3 is 2.53 bits per heavy atom. The fourth-order valence-electron chi connectivity index (χ4n) is 2.15. The van der Waals surface area contributed by atoms with Crippen LogP contribution in [0.25, 0.3) is 0 Å². The van der Waals surface area contributed by atoms with Crippen LogP contribution in [0.5, 0.6) is 0 Å². The van der Waals surface area contributed by atoms with Crippen LogP contribution in [0, 0.1) is 11.8 Å². The summed E-state index contributed by atoms with van der Waals surface area (Å²) >= 11 is 0. The van der Waals surface area contributed by atoms with E-state index in [1.165, 1.54) is 5.57 Å². The van der Waals surface area contributed by atoms with E-state index in [1.54, 1.807) is 13.8 Å². The van der Waals surface area contributed by atoms with Crippen molar-refractivity contribution < 1.29 is 10.2 Å². The van der Waals surface area contributed by atoms with Crippen molar-refractivity contribution in [3.63, 3.8) is 0 Å². The summed E-state index contributed by atoms with van der Waals surface area (Å²) in [5, 5.41) is 19.5. The van der Waals surface area contributed by atoms with Crippen LogP contribution in [0.2, 0.25) is 0 Å². The normalized spacial score (nSPS) is 24.4. The number of allylic oxidation sites excluding steroid dienone is 4. The molecule has 0 unspecified atom stereocenters. The van der Waals surface area contributed by atoms with Crippen molar-refractivity contribution in [2.45, 2.75) is 58.7 Å². The van der Waals surface area contributed by atoms with Gasteiger partial charge in [-0.25, -0.2) is 0 Å². The lowest BCUT2D eigenvalue weighted by Crippen LogP contribution is -2.36. The van der Waals surface area contributed by atoms with Gasteiger partial charge in [-0.1, -0.05) is 30.7 Å².